The number of rotatable bonds is 6. The molecule has 6 heteroatoms. The van der Waals surface area contributed by atoms with Crippen LogP contribution in [-0.4, -0.2) is 24.3 Å². The summed E-state index contributed by atoms with van der Waals surface area (Å²) in [5, 5.41) is 6.15. The Hall–Kier alpha value is -1.33. The van der Waals surface area contributed by atoms with E-state index in [1.54, 1.807) is 12.1 Å². The molecule has 2 N–H and O–H groups in total. The van der Waals surface area contributed by atoms with Gasteiger partial charge in [0.1, 0.15) is 11.4 Å². The van der Waals surface area contributed by atoms with E-state index in [4.69, 9.17) is 16.3 Å². The van der Waals surface area contributed by atoms with Crippen molar-refractivity contribution in [2.24, 2.45) is 0 Å². The Morgan fingerprint density at radius 2 is 2.09 bits per heavy atom. The van der Waals surface area contributed by atoms with Gasteiger partial charge in [-0.25, -0.2) is 9.18 Å². The zero-order valence-corrected chi connectivity index (χ0v) is 14.3. The van der Waals surface area contributed by atoms with Crippen LogP contribution in [0.2, 0.25) is 5.02 Å². The molecule has 1 amide bonds. The maximum absolute atomic E-state index is 13.1. The molecule has 0 aliphatic carbocycles. The van der Waals surface area contributed by atoms with Gasteiger partial charge in [-0.15, -0.1) is 0 Å². The van der Waals surface area contributed by atoms with Crippen LogP contribution < -0.4 is 10.6 Å². The lowest BCUT2D eigenvalue weighted by Crippen LogP contribution is -2.42. The van der Waals surface area contributed by atoms with Crippen molar-refractivity contribution in [3.8, 4) is 0 Å². The Morgan fingerprint density at radius 3 is 2.64 bits per heavy atom. The van der Waals surface area contributed by atoms with Gasteiger partial charge in [0.25, 0.3) is 0 Å². The number of hydrogen-bond acceptors (Lipinski definition) is 3. The molecular weight excluding hydrogens is 307 g/mol. The summed E-state index contributed by atoms with van der Waals surface area (Å²) >= 11 is 5.75. The van der Waals surface area contributed by atoms with E-state index in [-0.39, 0.29) is 11.1 Å². The molecule has 0 aromatic heterocycles. The van der Waals surface area contributed by atoms with Crippen molar-refractivity contribution < 1.29 is 13.9 Å². The molecule has 124 valence electrons. The molecule has 1 rings (SSSR count). The van der Waals surface area contributed by atoms with Crippen LogP contribution in [0.3, 0.4) is 0 Å². The van der Waals surface area contributed by atoms with Crippen LogP contribution in [0.25, 0.3) is 0 Å². The minimum Gasteiger partial charge on any atom is -0.444 e. The molecule has 0 aliphatic rings. The molecule has 0 saturated heterocycles. The molecule has 1 unspecified atom stereocenters. The smallest absolute Gasteiger partial charge is 0.407 e. The lowest BCUT2D eigenvalue weighted by atomic mass is 10.1. The first-order chi connectivity index (χ1) is 10.2. The lowest BCUT2D eigenvalue weighted by molar-refractivity contribution is 0.0522. The third kappa shape index (κ3) is 7.09. The van der Waals surface area contributed by atoms with Crippen LogP contribution in [0, 0.1) is 5.82 Å². The highest BCUT2D eigenvalue weighted by molar-refractivity contribution is 6.30. The fourth-order valence-electron chi connectivity index (χ4n) is 1.79. The van der Waals surface area contributed by atoms with E-state index in [1.165, 1.54) is 6.07 Å². The normalized spacial score (nSPS) is 12.8. The summed E-state index contributed by atoms with van der Waals surface area (Å²) in [6.07, 6.45) is 0.405. The topological polar surface area (TPSA) is 50.4 Å². The Morgan fingerprint density at radius 1 is 1.41 bits per heavy atom. The van der Waals surface area contributed by atoms with Gasteiger partial charge < -0.3 is 15.4 Å². The summed E-state index contributed by atoms with van der Waals surface area (Å²) in [5.41, 5.74) is 0.381. The van der Waals surface area contributed by atoms with Crippen molar-refractivity contribution in [3.05, 3.63) is 34.6 Å². The SMILES string of the molecule is CCC(CNC(=O)OC(C)(C)C)NCc1ccc(F)c(Cl)c1. The van der Waals surface area contributed by atoms with E-state index in [0.717, 1.165) is 12.0 Å². The zero-order valence-electron chi connectivity index (χ0n) is 13.5. The molecule has 0 saturated carbocycles. The summed E-state index contributed by atoms with van der Waals surface area (Å²) in [4.78, 5) is 11.6. The first-order valence-corrected chi connectivity index (χ1v) is 7.73. The van der Waals surface area contributed by atoms with Crippen molar-refractivity contribution in [1.29, 1.82) is 0 Å². The molecular formula is C16H24ClFN2O2. The molecule has 0 spiro atoms. The summed E-state index contributed by atoms with van der Waals surface area (Å²) < 4.78 is 18.3. The Balaban J connectivity index is 2.42. The molecule has 1 atom stereocenters. The first kappa shape index (κ1) is 18.7. The maximum atomic E-state index is 13.1. The molecule has 0 aliphatic heterocycles. The van der Waals surface area contributed by atoms with Crippen LogP contribution in [-0.2, 0) is 11.3 Å². The summed E-state index contributed by atoms with van der Waals surface area (Å²) in [5.74, 6) is -0.427. The molecule has 0 radical (unpaired) electrons. The van der Waals surface area contributed by atoms with Gasteiger partial charge in [0, 0.05) is 19.1 Å². The van der Waals surface area contributed by atoms with Gasteiger partial charge in [0.15, 0.2) is 0 Å². The standard InChI is InChI=1S/C16H24ClFN2O2/c1-5-12(10-20-15(21)22-16(2,3)4)19-9-11-6-7-14(18)13(17)8-11/h6-8,12,19H,5,9-10H2,1-4H3,(H,20,21). The second-order valence-electron chi connectivity index (χ2n) is 6.12. The van der Waals surface area contributed by atoms with Crippen molar-refractivity contribution in [2.45, 2.75) is 52.3 Å². The third-order valence-corrected chi connectivity index (χ3v) is 3.25. The van der Waals surface area contributed by atoms with Gasteiger partial charge in [-0.3, -0.25) is 0 Å². The van der Waals surface area contributed by atoms with E-state index < -0.39 is 17.5 Å². The molecule has 22 heavy (non-hydrogen) atoms. The predicted octanol–water partition coefficient (Wildman–Crippen LogP) is 3.87. The van der Waals surface area contributed by atoms with Crippen molar-refractivity contribution >= 4 is 17.7 Å². The van der Waals surface area contributed by atoms with E-state index in [9.17, 15) is 9.18 Å². The van der Waals surface area contributed by atoms with Crippen LogP contribution in [0.4, 0.5) is 9.18 Å². The number of nitrogens with one attached hydrogen (secondary N) is 2. The second-order valence-corrected chi connectivity index (χ2v) is 6.52. The number of carbonyl (C=O) groups is 1. The Labute approximate surface area is 136 Å². The van der Waals surface area contributed by atoms with E-state index in [1.807, 2.05) is 27.7 Å². The van der Waals surface area contributed by atoms with Gasteiger partial charge in [-0.2, -0.15) is 0 Å². The van der Waals surface area contributed by atoms with Gasteiger partial charge in [0.05, 0.1) is 5.02 Å². The Kier molecular flexibility index (Phi) is 7.10. The monoisotopic (exact) mass is 330 g/mol. The Bertz CT molecular complexity index is 503. The lowest BCUT2D eigenvalue weighted by Gasteiger charge is -2.22. The van der Waals surface area contributed by atoms with Crippen molar-refractivity contribution in [3.63, 3.8) is 0 Å². The predicted molar refractivity (Wildman–Crippen MR) is 86.6 cm³/mol. The van der Waals surface area contributed by atoms with E-state index in [2.05, 4.69) is 10.6 Å². The van der Waals surface area contributed by atoms with Crippen LogP contribution in [0.1, 0.15) is 39.7 Å². The number of alkyl carbamates (subject to hydrolysis) is 1. The third-order valence-electron chi connectivity index (χ3n) is 2.96. The average Bonchev–Trinajstić information content (AvgIpc) is 2.41. The number of carbonyl (C=O) groups excluding carboxylic acids is 1. The second kappa shape index (κ2) is 8.34. The van der Waals surface area contributed by atoms with Gasteiger partial charge in [-0.1, -0.05) is 24.6 Å². The summed E-state index contributed by atoms with van der Waals surface area (Å²) in [6.45, 7) is 8.49. The minimum absolute atomic E-state index is 0.0938. The van der Waals surface area contributed by atoms with Gasteiger partial charge in [0.2, 0.25) is 0 Å². The quantitative estimate of drug-likeness (QED) is 0.832. The van der Waals surface area contributed by atoms with Crippen molar-refractivity contribution in [1.82, 2.24) is 10.6 Å². The zero-order chi connectivity index (χ0) is 16.8. The fourth-order valence-corrected chi connectivity index (χ4v) is 2.00. The fraction of sp³-hybridized carbons (Fsp3) is 0.562. The molecule has 0 heterocycles. The van der Waals surface area contributed by atoms with Crippen LogP contribution >= 0.6 is 11.6 Å². The summed E-state index contributed by atoms with van der Waals surface area (Å²) in [7, 11) is 0. The largest absolute Gasteiger partial charge is 0.444 e. The molecule has 0 fully saturated rings. The number of hydrogen-bond donors (Lipinski definition) is 2. The van der Waals surface area contributed by atoms with E-state index >= 15 is 0 Å². The van der Waals surface area contributed by atoms with Crippen LogP contribution in [0.15, 0.2) is 18.2 Å². The first-order valence-electron chi connectivity index (χ1n) is 7.35. The number of halogens is 2. The molecule has 0 bridgehead atoms. The minimum atomic E-state index is -0.510. The van der Waals surface area contributed by atoms with E-state index in [0.29, 0.717) is 13.1 Å². The maximum Gasteiger partial charge on any atom is 0.407 e. The number of benzene rings is 1. The molecule has 1 aromatic carbocycles. The van der Waals surface area contributed by atoms with Gasteiger partial charge in [-0.05, 0) is 44.9 Å². The molecule has 4 nitrogen and oxygen atoms in total. The number of ether oxygens (including phenoxy) is 1. The molecule has 1 aromatic rings. The van der Waals surface area contributed by atoms with Crippen molar-refractivity contribution in [2.75, 3.05) is 6.54 Å². The van der Waals surface area contributed by atoms with Gasteiger partial charge >= 0.3 is 6.09 Å². The van der Waals surface area contributed by atoms with Crippen LogP contribution in [0.5, 0.6) is 0 Å². The highest BCUT2D eigenvalue weighted by Crippen LogP contribution is 2.16. The number of amides is 1. The average molecular weight is 331 g/mol. The summed E-state index contributed by atoms with van der Waals surface area (Å²) in [6, 6.07) is 4.72. The highest BCUT2D eigenvalue weighted by atomic mass is 35.5. The highest BCUT2D eigenvalue weighted by Gasteiger charge is 2.16.